The molecule has 0 bridgehead atoms. The molecule has 0 heterocycles. The fourth-order valence-electron chi connectivity index (χ4n) is 6.35. The van der Waals surface area contributed by atoms with Crippen LogP contribution in [0.4, 0.5) is 0 Å². The molecule has 0 spiro atoms. The van der Waals surface area contributed by atoms with Crippen molar-refractivity contribution in [1.29, 1.82) is 0 Å². The minimum absolute atomic E-state index is 0.303. The maximum atomic E-state index is 11.0. The number of aliphatic hydroxyl groups excluding tert-OH is 1. The van der Waals surface area contributed by atoms with Crippen molar-refractivity contribution >= 4 is 0 Å². The fraction of sp³-hybridized carbons (Fsp3) is 0.561. The number of aliphatic hydroxyl groups is 1. The Hall–Kier alpha value is -2.42. The van der Waals surface area contributed by atoms with Gasteiger partial charge in [0.1, 0.15) is 5.60 Å². The summed E-state index contributed by atoms with van der Waals surface area (Å²) in [6.45, 7) is 2.60. The molecule has 0 fully saturated rings. The topological polar surface area (TPSA) is 29.5 Å². The van der Waals surface area contributed by atoms with Crippen molar-refractivity contribution in [2.75, 3.05) is 6.61 Å². The Morgan fingerprint density at radius 3 is 1.09 bits per heavy atom. The Morgan fingerprint density at radius 1 is 0.465 bits per heavy atom. The third-order valence-corrected chi connectivity index (χ3v) is 8.92. The standard InChI is InChI=1S/C41H60O2/c1-2-3-4-5-6-7-8-9-10-11-12-13-14-15-16-17-18-28-35-40(42)36-43-41(37-29-22-19-23-30-37,38-31-24-20-25-32-38)39-33-26-21-27-34-39/h19-27,29-34,40,42H,2-18,28,35-36H2,1H3/t40-/m1/s1. The summed E-state index contributed by atoms with van der Waals surface area (Å²) in [5.74, 6) is 0. The van der Waals surface area contributed by atoms with Crippen molar-refractivity contribution in [1.82, 2.24) is 0 Å². The number of hydrogen-bond acceptors (Lipinski definition) is 2. The Labute approximate surface area is 264 Å². The lowest BCUT2D eigenvalue weighted by molar-refractivity contribution is -0.0405. The van der Waals surface area contributed by atoms with Gasteiger partial charge in [-0.05, 0) is 23.1 Å². The third kappa shape index (κ3) is 13.0. The largest absolute Gasteiger partial charge is 0.391 e. The van der Waals surface area contributed by atoms with Gasteiger partial charge in [-0.3, -0.25) is 0 Å². The highest BCUT2D eigenvalue weighted by atomic mass is 16.5. The Bertz CT molecular complexity index is 936. The molecule has 0 aliphatic rings. The van der Waals surface area contributed by atoms with Gasteiger partial charge >= 0.3 is 0 Å². The maximum Gasteiger partial charge on any atom is 0.143 e. The molecule has 0 amide bonds. The van der Waals surface area contributed by atoms with E-state index < -0.39 is 11.7 Å². The molecule has 3 rings (SSSR count). The van der Waals surface area contributed by atoms with Gasteiger partial charge in [0.25, 0.3) is 0 Å². The first-order valence-electron chi connectivity index (χ1n) is 17.8. The van der Waals surface area contributed by atoms with E-state index in [1.54, 1.807) is 0 Å². The quantitative estimate of drug-likeness (QED) is 0.0793. The molecule has 43 heavy (non-hydrogen) atoms. The molecule has 236 valence electrons. The van der Waals surface area contributed by atoms with E-state index in [0.29, 0.717) is 6.61 Å². The monoisotopic (exact) mass is 584 g/mol. The zero-order chi connectivity index (χ0) is 30.3. The summed E-state index contributed by atoms with van der Waals surface area (Å²) < 4.78 is 6.79. The van der Waals surface area contributed by atoms with Crippen LogP contribution in [0.25, 0.3) is 0 Å². The predicted octanol–water partition coefficient (Wildman–Crippen LogP) is 11.8. The van der Waals surface area contributed by atoms with E-state index in [9.17, 15) is 5.11 Å². The summed E-state index contributed by atoms with van der Waals surface area (Å²) in [4.78, 5) is 0. The molecule has 3 aromatic rings. The van der Waals surface area contributed by atoms with E-state index >= 15 is 0 Å². The van der Waals surface area contributed by atoms with Crippen molar-refractivity contribution < 1.29 is 9.84 Å². The molecule has 0 saturated heterocycles. The summed E-state index contributed by atoms with van der Waals surface area (Å²) in [5.41, 5.74) is 2.46. The molecule has 1 N–H and O–H groups in total. The predicted molar refractivity (Wildman–Crippen MR) is 185 cm³/mol. The summed E-state index contributed by atoms with van der Waals surface area (Å²) in [7, 11) is 0. The molecule has 2 nitrogen and oxygen atoms in total. The Balaban J connectivity index is 1.30. The van der Waals surface area contributed by atoms with Crippen molar-refractivity contribution in [3.8, 4) is 0 Å². The Kier molecular flexibility index (Phi) is 18.1. The zero-order valence-corrected chi connectivity index (χ0v) is 27.2. The fourth-order valence-corrected chi connectivity index (χ4v) is 6.35. The highest BCUT2D eigenvalue weighted by Gasteiger charge is 2.37. The molecule has 0 radical (unpaired) electrons. The molecule has 2 heteroatoms. The van der Waals surface area contributed by atoms with Crippen LogP contribution in [0.5, 0.6) is 0 Å². The molecule has 3 aromatic carbocycles. The summed E-state index contributed by atoms with van der Waals surface area (Å²) in [6.07, 6.45) is 25.0. The average molecular weight is 585 g/mol. The molecule has 1 atom stereocenters. The Morgan fingerprint density at radius 2 is 0.767 bits per heavy atom. The first kappa shape index (κ1) is 35.1. The first-order chi connectivity index (χ1) is 21.3. The lowest BCUT2D eigenvalue weighted by atomic mass is 9.80. The third-order valence-electron chi connectivity index (χ3n) is 8.92. The zero-order valence-electron chi connectivity index (χ0n) is 27.2. The van der Waals surface area contributed by atoms with Crippen LogP contribution in [-0.2, 0) is 10.3 Å². The molecule has 0 aliphatic heterocycles. The van der Waals surface area contributed by atoms with Crippen LogP contribution in [0.1, 0.15) is 146 Å². The second-order valence-electron chi connectivity index (χ2n) is 12.5. The van der Waals surface area contributed by atoms with E-state index in [0.717, 1.165) is 29.5 Å². The number of ether oxygens (including phenoxy) is 1. The van der Waals surface area contributed by atoms with E-state index in [1.165, 1.54) is 109 Å². The van der Waals surface area contributed by atoms with E-state index in [-0.39, 0.29) is 0 Å². The molecule has 0 aromatic heterocycles. The van der Waals surface area contributed by atoms with Crippen molar-refractivity contribution in [3.05, 3.63) is 108 Å². The van der Waals surface area contributed by atoms with Crippen LogP contribution in [0.3, 0.4) is 0 Å². The van der Waals surface area contributed by atoms with Gasteiger partial charge in [-0.2, -0.15) is 0 Å². The number of unbranched alkanes of at least 4 members (excludes halogenated alkanes) is 17. The highest BCUT2D eigenvalue weighted by molar-refractivity contribution is 5.47. The van der Waals surface area contributed by atoms with Gasteiger partial charge < -0.3 is 9.84 Å². The SMILES string of the molecule is CCCCCCCCCCCCCCCCCCCC[C@@H](O)COC(c1ccccc1)(c1ccccc1)c1ccccc1. The number of benzene rings is 3. The van der Waals surface area contributed by atoms with Gasteiger partial charge in [0.15, 0.2) is 0 Å². The van der Waals surface area contributed by atoms with Crippen LogP contribution in [0, 0.1) is 0 Å². The van der Waals surface area contributed by atoms with Crippen LogP contribution >= 0.6 is 0 Å². The van der Waals surface area contributed by atoms with Crippen LogP contribution < -0.4 is 0 Å². The van der Waals surface area contributed by atoms with E-state index in [1.807, 2.05) is 18.2 Å². The van der Waals surface area contributed by atoms with E-state index in [2.05, 4.69) is 79.7 Å². The minimum atomic E-state index is -0.765. The summed E-state index contributed by atoms with van der Waals surface area (Å²) in [6, 6.07) is 31.3. The molecule has 0 saturated carbocycles. The summed E-state index contributed by atoms with van der Waals surface area (Å²) in [5, 5.41) is 11.0. The van der Waals surface area contributed by atoms with E-state index in [4.69, 9.17) is 4.74 Å². The second-order valence-corrected chi connectivity index (χ2v) is 12.5. The highest BCUT2D eigenvalue weighted by Crippen LogP contribution is 2.40. The van der Waals surface area contributed by atoms with Crippen LogP contribution in [0.2, 0.25) is 0 Å². The van der Waals surface area contributed by atoms with Gasteiger partial charge in [-0.15, -0.1) is 0 Å². The van der Waals surface area contributed by atoms with Crippen molar-refractivity contribution in [3.63, 3.8) is 0 Å². The smallest absolute Gasteiger partial charge is 0.143 e. The van der Waals surface area contributed by atoms with Crippen LogP contribution in [0.15, 0.2) is 91.0 Å². The maximum absolute atomic E-state index is 11.0. The van der Waals surface area contributed by atoms with Crippen LogP contribution in [-0.4, -0.2) is 17.8 Å². The second kappa shape index (κ2) is 22.1. The van der Waals surface area contributed by atoms with Crippen molar-refractivity contribution in [2.24, 2.45) is 0 Å². The summed E-state index contributed by atoms with van der Waals surface area (Å²) >= 11 is 0. The molecular formula is C41H60O2. The van der Waals surface area contributed by atoms with Crippen molar-refractivity contribution in [2.45, 2.75) is 141 Å². The molecule has 0 aliphatic carbocycles. The van der Waals surface area contributed by atoms with Gasteiger partial charge in [0, 0.05) is 0 Å². The molecular weight excluding hydrogens is 524 g/mol. The normalized spacial score (nSPS) is 12.4. The molecule has 0 unspecified atom stereocenters. The number of hydrogen-bond donors (Lipinski definition) is 1. The minimum Gasteiger partial charge on any atom is -0.391 e. The average Bonchev–Trinajstić information content (AvgIpc) is 3.06. The van der Waals surface area contributed by atoms with Gasteiger partial charge in [0.05, 0.1) is 12.7 Å². The first-order valence-corrected chi connectivity index (χ1v) is 17.8. The number of rotatable bonds is 25. The van der Waals surface area contributed by atoms with Gasteiger partial charge in [-0.1, -0.05) is 213 Å². The lowest BCUT2D eigenvalue weighted by Crippen LogP contribution is -2.35. The van der Waals surface area contributed by atoms with Gasteiger partial charge in [0.2, 0.25) is 0 Å². The van der Waals surface area contributed by atoms with Gasteiger partial charge in [-0.25, -0.2) is 0 Å². The lowest BCUT2D eigenvalue weighted by Gasteiger charge is -2.36.